The Labute approximate surface area is 168 Å². The average Bonchev–Trinajstić information content (AvgIpc) is 3.33. The van der Waals surface area contributed by atoms with E-state index >= 15 is 0 Å². The number of nitrogens with one attached hydrogen (secondary N) is 1. The summed E-state index contributed by atoms with van der Waals surface area (Å²) in [7, 11) is 0. The van der Waals surface area contributed by atoms with Gasteiger partial charge in [-0.15, -0.1) is 0 Å². The van der Waals surface area contributed by atoms with Gasteiger partial charge in [0.1, 0.15) is 5.69 Å². The summed E-state index contributed by atoms with van der Waals surface area (Å²) in [6.45, 7) is 4.25. The Kier molecular flexibility index (Phi) is 5.12. The third-order valence-corrected chi connectivity index (χ3v) is 5.64. The molecule has 2 aliphatic rings. The summed E-state index contributed by atoms with van der Waals surface area (Å²) in [5, 5.41) is 3.25. The second kappa shape index (κ2) is 7.73. The smallest absolute Gasteiger partial charge is 0.321 e. The number of furan rings is 1. The Bertz CT molecular complexity index is 963. The highest BCUT2D eigenvalue weighted by Crippen LogP contribution is 2.31. The number of nitrogens with two attached hydrogens (primary N) is 1. The molecule has 1 unspecified atom stereocenters. The third-order valence-electron chi connectivity index (χ3n) is 5.64. The molecule has 9 nitrogen and oxygen atoms in total. The summed E-state index contributed by atoms with van der Waals surface area (Å²) in [4.78, 5) is 45.1. The van der Waals surface area contributed by atoms with Gasteiger partial charge in [-0.1, -0.05) is 0 Å². The van der Waals surface area contributed by atoms with Gasteiger partial charge in [-0.2, -0.15) is 0 Å². The van der Waals surface area contributed by atoms with Gasteiger partial charge < -0.3 is 25.3 Å². The van der Waals surface area contributed by atoms with Gasteiger partial charge in [0.05, 0.1) is 11.3 Å². The van der Waals surface area contributed by atoms with E-state index in [-0.39, 0.29) is 35.0 Å². The van der Waals surface area contributed by atoms with E-state index < -0.39 is 5.91 Å². The molecule has 2 saturated heterocycles. The molecule has 29 heavy (non-hydrogen) atoms. The predicted molar refractivity (Wildman–Crippen MR) is 106 cm³/mol. The van der Waals surface area contributed by atoms with Crippen molar-refractivity contribution < 1.29 is 18.8 Å². The van der Waals surface area contributed by atoms with Gasteiger partial charge in [0.25, 0.3) is 5.91 Å². The van der Waals surface area contributed by atoms with Crippen LogP contribution in [0.25, 0.3) is 11.1 Å². The van der Waals surface area contributed by atoms with E-state index in [2.05, 4.69) is 10.3 Å². The van der Waals surface area contributed by atoms with Gasteiger partial charge in [0, 0.05) is 31.9 Å². The second-order valence-electron chi connectivity index (χ2n) is 7.72. The van der Waals surface area contributed by atoms with Crippen LogP contribution in [0, 0.1) is 12.8 Å². The van der Waals surface area contributed by atoms with E-state index in [0.29, 0.717) is 24.9 Å². The average molecular weight is 399 g/mol. The fourth-order valence-electron chi connectivity index (χ4n) is 4.07. The molecule has 2 aliphatic heterocycles. The number of nitrogens with zero attached hydrogens (tertiary/aromatic N) is 3. The largest absolute Gasteiger partial charge is 0.430 e. The zero-order chi connectivity index (χ0) is 20.5. The number of urea groups is 1. The number of anilines is 1. The van der Waals surface area contributed by atoms with E-state index in [1.165, 1.54) is 0 Å². The normalized spacial score (nSPS) is 19.6. The van der Waals surface area contributed by atoms with Crippen molar-refractivity contribution in [3.8, 4) is 0 Å². The van der Waals surface area contributed by atoms with Crippen molar-refractivity contribution in [1.29, 1.82) is 0 Å². The van der Waals surface area contributed by atoms with Crippen LogP contribution in [0.15, 0.2) is 16.5 Å². The first-order valence-corrected chi connectivity index (χ1v) is 9.98. The highest BCUT2D eigenvalue weighted by Gasteiger charge is 2.34. The molecule has 1 atom stereocenters. The highest BCUT2D eigenvalue weighted by atomic mass is 16.4. The van der Waals surface area contributed by atoms with E-state index in [9.17, 15) is 14.4 Å². The van der Waals surface area contributed by atoms with Crippen LogP contribution < -0.4 is 11.1 Å². The van der Waals surface area contributed by atoms with Crippen LogP contribution in [0.4, 0.5) is 10.5 Å². The highest BCUT2D eigenvalue weighted by molar-refractivity contribution is 6.09. The Morgan fingerprint density at radius 2 is 1.90 bits per heavy atom. The molecule has 154 valence electrons. The SMILES string of the molecule is Cc1ccc2c(NC(=O)N3CCC(C(=O)N4CCCCC4)C3)c(C(N)=O)oc2n1. The molecular formula is C20H25N5O4. The van der Waals surface area contributed by atoms with Crippen LogP contribution in [-0.4, -0.2) is 58.8 Å². The number of carbonyl (C=O) groups excluding carboxylic acids is 3. The van der Waals surface area contributed by atoms with Gasteiger partial charge in [-0.05, 0) is 44.7 Å². The summed E-state index contributed by atoms with van der Waals surface area (Å²) in [5.41, 5.74) is 6.60. The number of primary amides is 1. The summed E-state index contributed by atoms with van der Waals surface area (Å²) >= 11 is 0. The monoisotopic (exact) mass is 399 g/mol. The van der Waals surface area contributed by atoms with Crippen molar-refractivity contribution in [3.63, 3.8) is 0 Å². The van der Waals surface area contributed by atoms with Gasteiger partial charge in [-0.3, -0.25) is 9.59 Å². The topological polar surface area (TPSA) is 122 Å². The minimum atomic E-state index is -0.782. The number of likely N-dealkylation sites (tertiary alicyclic amines) is 2. The van der Waals surface area contributed by atoms with Gasteiger partial charge in [0.2, 0.25) is 17.4 Å². The molecule has 3 N–H and O–H groups in total. The number of piperidine rings is 1. The minimum Gasteiger partial charge on any atom is -0.430 e. The van der Waals surface area contributed by atoms with Gasteiger partial charge in [-0.25, -0.2) is 9.78 Å². The Hall–Kier alpha value is -3.10. The van der Waals surface area contributed by atoms with Crippen molar-refractivity contribution in [2.45, 2.75) is 32.6 Å². The molecule has 4 amide bonds. The number of hydrogen-bond acceptors (Lipinski definition) is 5. The minimum absolute atomic E-state index is 0.131. The fourth-order valence-corrected chi connectivity index (χ4v) is 4.07. The van der Waals surface area contributed by atoms with Crippen LogP contribution in [0.2, 0.25) is 0 Å². The number of fused-ring (bicyclic) bond motifs is 1. The zero-order valence-corrected chi connectivity index (χ0v) is 16.4. The molecule has 2 fully saturated rings. The number of carbonyl (C=O) groups is 3. The lowest BCUT2D eigenvalue weighted by Gasteiger charge is -2.29. The Balaban J connectivity index is 1.48. The Morgan fingerprint density at radius 3 is 2.62 bits per heavy atom. The number of rotatable bonds is 3. The lowest BCUT2D eigenvalue weighted by molar-refractivity contribution is -0.135. The molecule has 4 heterocycles. The number of aromatic nitrogens is 1. The summed E-state index contributed by atoms with van der Waals surface area (Å²) < 4.78 is 5.46. The maximum Gasteiger partial charge on any atom is 0.321 e. The van der Waals surface area contributed by atoms with Crippen LogP contribution in [0.3, 0.4) is 0 Å². The Morgan fingerprint density at radius 1 is 1.14 bits per heavy atom. The van der Waals surface area contributed by atoms with E-state index in [4.69, 9.17) is 10.2 Å². The summed E-state index contributed by atoms with van der Waals surface area (Å²) in [6, 6.07) is 3.11. The lowest BCUT2D eigenvalue weighted by Crippen LogP contribution is -2.41. The van der Waals surface area contributed by atoms with Crippen molar-refractivity contribution in [3.05, 3.63) is 23.6 Å². The molecule has 4 rings (SSSR count). The molecule has 2 aromatic heterocycles. The molecule has 0 saturated carbocycles. The summed E-state index contributed by atoms with van der Waals surface area (Å²) in [5.74, 6) is -0.965. The molecular weight excluding hydrogens is 374 g/mol. The number of pyridine rings is 1. The maximum atomic E-state index is 12.8. The van der Waals surface area contributed by atoms with E-state index in [1.54, 1.807) is 24.0 Å². The van der Waals surface area contributed by atoms with Crippen molar-refractivity contribution in [1.82, 2.24) is 14.8 Å². The van der Waals surface area contributed by atoms with Crippen molar-refractivity contribution in [2.24, 2.45) is 11.7 Å². The van der Waals surface area contributed by atoms with Crippen molar-refractivity contribution >= 4 is 34.6 Å². The van der Waals surface area contributed by atoms with Crippen LogP contribution in [-0.2, 0) is 4.79 Å². The standard InChI is InChI=1S/C20H25N5O4/c1-12-5-6-14-15(16(17(21)26)29-18(14)22-12)23-20(28)25-10-7-13(11-25)19(27)24-8-3-2-4-9-24/h5-6,13H,2-4,7-11H2,1H3,(H2,21,26)(H,23,28). The van der Waals surface area contributed by atoms with E-state index in [0.717, 1.165) is 38.0 Å². The quantitative estimate of drug-likeness (QED) is 0.818. The van der Waals surface area contributed by atoms with Crippen LogP contribution in [0.1, 0.15) is 41.9 Å². The predicted octanol–water partition coefficient (Wildman–Crippen LogP) is 2.10. The van der Waals surface area contributed by atoms with Gasteiger partial charge in [0.15, 0.2) is 0 Å². The lowest BCUT2D eigenvalue weighted by atomic mass is 10.0. The van der Waals surface area contributed by atoms with Crippen LogP contribution in [0.5, 0.6) is 0 Å². The first-order chi connectivity index (χ1) is 13.9. The van der Waals surface area contributed by atoms with Crippen molar-refractivity contribution in [2.75, 3.05) is 31.5 Å². The molecule has 9 heteroatoms. The third kappa shape index (κ3) is 3.76. The van der Waals surface area contributed by atoms with Gasteiger partial charge >= 0.3 is 6.03 Å². The number of hydrogen-bond donors (Lipinski definition) is 2. The number of aryl methyl sites for hydroxylation is 1. The molecule has 2 aromatic rings. The molecule has 0 spiro atoms. The molecule has 0 aliphatic carbocycles. The first-order valence-electron chi connectivity index (χ1n) is 9.98. The molecule has 0 radical (unpaired) electrons. The van der Waals surface area contributed by atoms with E-state index in [1.807, 2.05) is 4.90 Å². The first kappa shape index (κ1) is 19.2. The summed E-state index contributed by atoms with van der Waals surface area (Å²) in [6.07, 6.45) is 3.88. The zero-order valence-electron chi connectivity index (χ0n) is 16.4. The second-order valence-corrected chi connectivity index (χ2v) is 7.72. The molecule has 0 aromatic carbocycles. The van der Waals surface area contributed by atoms with Crippen LogP contribution >= 0.6 is 0 Å². The molecule has 0 bridgehead atoms. The fraction of sp³-hybridized carbons (Fsp3) is 0.500. The maximum absolute atomic E-state index is 12.8. The number of amides is 4.